The molecule has 3 rings (SSSR count). The highest BCUT2D eigenvalue weighted by molar-refractivity contribution is 5.91. The van der Waals surface area contributed by atoms with Gasteiger partial charge in [-0.15, -0.1) is 0 Å². The lowest BCUT2D eigenvalue weighted by Crippen LogP contribution is -2.20. The Morgan fingerprint density at radius 2 is 2.13 bits per heavy atom. The van der Waals surface area contributed by atoms with Crippen molar-refractivity contribution in [3.8, 4) is 5.75 Å². The van der Waals surface area contributed by atoms with Crippen molar-refractivity contribution in [1.29, 1.82) is 0 Å². The first-order valence-electron chi connectivity index (χ1n) is 7.85. The third-order valence-electron chi connectivity index (χ3n) is 4.17. The van der Waals surface area contributed by atoms with Gasteiger partial charge in [-0.05, 0) is 36.6 Å². The van der Waals surface area contributed by atoms with Crippen LogP contribution in [0.1, 0.15) is 36.3 Å². The molecule has 0 aliphatic heterocycles. The molecule has 4 heteroatoms. The van der Waals surface area contributed by atoms with E-state index in [1.165, 1.54) is 12.5 Å². The molecule has 0 spiro atoms. The van der Waals surface area contributed by atoms with Gasteiger partial charge in [0.2, 0.25) is 5.91 Å². The van der Waals surface area contributed by atoms with Crippen LogP contribution in [0.3, 0.4) is 0 Å². The first kappa shape index (κ1) is 15.4. The lowest BCUT2D eigenvalue weighted by atomic mass is 10.2. The van der Waals surface area contributed by atoms with E-state index >= 15 is 0 Å². The molecule has 1 heterocycles. The Hall–Kier alpha value is -2.49. The minimum atomic E-state index is -0.159. The summed E-state index contributed by atoms with van der Waals surface area (Å²) in [5.41, 5.74) is 0.944. The number of hydrogen-bond donors (Lipinski definition) is 1. The van der Waals surface area contributed by atoms with Crippen LogP contribution >= 0.6 is 0 Å². The molecule has 2 atom stereocenters. The normalized spacial score (nSPS) is 19.7. The Balaban J connectivity index is 1.53. The van der Waals surface area contributed by atoms with E-state index in [0.29, 0.717) is 24.1 Å². The number of benzene rings is 1. The number of carbonyl (C=O) groups excluding carboxylic acids is 1. The Bertz CT molecular complexity index is 717. The Kier molecular flexibility index (Phi) is 4.51. The van der Waals surface area contributed by atoms with E-state index in [4.69, 9.17) is 9.15 Å². The third-order valence-corrected chi connectivity index (χ3v) is 4.17. The zero-order valence-corrected chi connectivity index (χ0v) is 13.4. The van der Waals surface area contributed by atoms with E-state index < -0.39 is 0 Å². The molecule has 1 aliphatic carbocycles. The standard InChI is InChI=1S/C19H21NO3/c1-13-11-16(13)18-9-7-15(23-18)8-10-19(21)20-12-14-5-3-4-6-17(14)22-2/h3-10,13,16H,11-12H2,1-2H3,(H,20,21)/b10-8+. The van der Waals surface area contributed by atoms with Gasteiger partial charge in [-0.1, -0.05) is 25.1 Å². The lowest BCUT2D eigenvalue weighted by molar-refractivity contribution is -0.116. The van der Waals surface area contributed by atoms with Crippen molar-refractivity contribution in [2.45, 2.75) is 25.8 Å². The second kappa shape index (κ2) is 6.73. The molecule has 1 saturated carbocycles. The van der Waals surface area contributed by atoms with E-state index in [-0.39, 0.29) is 5.91 Å². The van der Waals surface area contributed by atoms with Gasteiger partial charge in [0.25, 0.3) is 0 Å². The molecule has 1 N–H and O–H groups in total. The molecule has 120 valence electrons. The van der Waals surface area contributed by atoms with Crippen LogP contribution in [0.5, 0.6) is 5.75 Å². The molecule has 0 bridgehead atoms. The summed E-state index contributed by atoms with van der Waals surface area (Å²) in [6.45, 7) is 2.64. The van der Waals surface area contributed by atoms with Gasteiger partial charge < -0.3 is 14.5 Å². The van der Waals surface area contributed by atoms with Crippen LogP contribution in [0.2, 0.25) is 0 Å². The summed E-state index contributed by atoms with van der Waals surface area (Å²) in [7, 11) is 1.62. The Morgan fingerprint density at radius 3 is 2.87 bits per heavy atom. The molecular formula is C19H21NO3. The van der Waals surface area contributed by atoms with Crippen molar-refractivity contribution in [1.82, 2.24) is 5.32 Å². The summed E-state index contributed by atoms with van der Waals surface area (Å²) in [4.78, 5) is 11.9. The maximum absolute atomic E-state index is 11.9. The van der Waals surface area contributed by atoms with Crippen molar-refractivity contribution < 1.29 is 13.9 Å². The molecule has 0 radical (unpaired) electrons. The smallest absolute Gasteiger partial charge is 0.244 e. The second-order valence-corrected chi connectivity index (χ2v) is 5.92. The van der Waals surface area contributed by atoms with E-state index in [0.717, 1.165) is 17.1 Å². The maximum atomic E-state index is 11.9. The number of ether oxygens (including phenoxy) is 1. The number of amides is 1. The average molecular weight is 311 g/mol. The summed E-state index contributed by atoms with van der Waals surface area (Å²) in [6.07, 6.45) is 4.39. The summed E-state index contributed by atoms with van der Waals surface area (Å²) in [5.74, 6) is 3.61. The second-order valence-electron chi connectivity index (χ2n) is 5.92. The highest BCUT2D eigenvalue weighted by Gasteiger charge is 2.36. The van der Waals surface area contributed by atoms with Crippen molar-refractivity contribution in [3.63, 3.8) is 0 Å². The van der Waals surface area contributed by atoms with Crippen molar-refractivity contribution >= 4 is 12.0 Å². The predicted molar refractivity (Wildman–Crippen MR) is 89.1 cm³/mol. The first-order valence-corrected chi connectivity index (χ1v) is 7.85. The summed E-state index contributed by atoms with van der Waals surface area (Å²) in [5, 5.41) is 2.85. The summed E-state index contributed by atoms with van der Waals surface area (Å²) >= 11 is 0. The molecule has 2 unspecified atom stereocenters. The minimum Gasteiger partial charge on any atom is -0.496 e. The van der Waals surface area contributed by atoms with E-state index in [2.05, 4.69) is 12.2 Å². The number of carbonyl (C=O) groups is 1. The van der Waals surface area contributed by atoms with Gasteiger partial charge in [0.1, 0.15) is 17.3 Å². The molecule has 1 aromatic heterocycles. The van der Waals surface area contributed by atoms with Crippen molar-refractivity contribution in [2.24, 2.45) is 5.92 Å². The molecule has 1 amide bonds. The predicted octanol–water partition coefficient (Wildman–Crippen LogP) is 3.74. The van der Waals surface area contributed by atoms with Crippen LogP contribution < -0.4 is 10.1 Å². The number of methoxy groups -OCH3 is 1. The molecule has 23 heavy (non-hydrogen) atoms. The zero-order valence-electron chi connectivity index (χ0n) is 13.4. The van der Waals surface area contributed by atoms with Crippen LogP contribution in [-0.2, 0) is 11.3 Å². The van der Waals surface area contributed by atoms with Crippen LogP contribution in [-0.4, -0.2) is 13.0 Å². The zero-order chi connectivity index (χ0) is 16.2. The number of hydrogen-bond acceptors (Lipinski definition) is 3. The topological polar surface area (TPSA) is 51.5 Å². The van der Waals surface area contributed by atoms with E-state index in [1.54, 1.807) is 13.2 Å². The van der Waals surface area contributed by atoms with Crippen molar-refractivity contribution in [3.05, 3.63) is 59.6 Å². The molecular weight excluding hydrogens is 290 g/mol. The van der Waals surface area contributed by atoms with Crippen LogP contribution in [0, 0.1) is 5.92 Å². The molecule has 4 nitrogen and oxygen atoms in total. The fourth-order valence-electron chi connectivity index (χ4n) is 2.62. The van der Waals surface area contributed by atoms with Crippen LogP contribution in [0.25, 0.3) is 6.08 Å². The molecule has 1 aromatic carbocycles. The quantitative estimate of drug-likeness (QED) is 0.827. The SMILES string of the molecule is COc1ccccc1CNC(=O)/C=C/c1ccc(C2CC2C)o1. The lowest BCUT2D eigenvalue weighted by Gasteiger charge is -2.08. The monoisotopic (exact) mass is 311 g/mol. The van der Waals surface area contributed by atoms with Crippen LogP contribution in [0.4, 0.5) is 0 Å². The van der Waals surface area contributed by atoms with Gasteiger partial charge in [0.05, 0.1) is 7.11 Å². The Labute approximate surface area is 136 Å². The third kappa shape index (κ3) is 3.83. The maximum Gasteiger partial charge on any atom is 0.244 e. The Morgan fingerprint density at radius 1 is 1.35 bits per heavy atom. The fraction of sp³-hybridized carbons (Fsp3) is 0.316. The number of furan rings is 1. The van der Waals surface area contributed by atoms with Gasteiger partial charge in [-0.25, -0.2) is 0 Å². The largest absolute Gasteiger partial charge is 0.496 e. The summed E-state index contributed by atoms with van der Waals surface area (Å²) < 4.78 is 11.0. The first-order chi connectivity index (χ1) is 11.2. The number of rotatable bonds is 6. The molecule has 0 saturated heterocycles. The molecule has 1 aliphatic rings. The molecule has 2 aromatic rings. The summed E-state index contributed by atoms with van der Waals surface area (Å²) in [6, 6.07) is 11.5. The minimum absolute atomic E-state index is 0.159. The van der Waals surface area contributed by atoms with Gasteiger partial charge in [-0.3, -0.25) is 4.79 Å². The number of nitrogens with one attached hydrogen (secondary N) is 1. The van der Waals surface area contributed by atoms with Crippen LogP contribution in [0.15, 0.2) is 46.9 Å². The highest BCUT2D eigenvalue weighted by atomic mass is 16.5. The van der Waals surface area contributed by atoms with Gasteiger partial charge in [0.15, 0.2) is 0 Å². The van der Waals surface area contributed by atoms with Crippen molar-refractivity contribution in [2.75, 3.05) is 7.11 Å². The van der Waals surface area contributed by atoms with Gasteiger partial charge in [-0.2, -0.15) is 0 Å². The van der Waals surface area contributed by atoms with Gasteiger partial charge >= 0.3 is 0 Å². The molecule has 1 fully saturated rings. The highest BCUT2D eigenvalue weighted by Crippen LogP contribution is 2.47. The average Bonchev–Trinajstić information content (AvgIpc) is 3.11. The van der Waals surface area contributed by atoms with E-state index in [1.807, 2.05) is 36.4 Å². The van der Waals surface area contributed by atoms with E-state index in [9.17, 15) is 4.79 Å². The van der Waals surface area contributed by atoms with Gasteiger partial charge in [0, 0.05) is 24.1 Å². The number of para-hydroxylation sites is 1. The fourth-order valence-corrected chi connectivity index (χ4v) is 2.62.